The van der Waals surface area contributed by atoms with E-state index in [0.29, 0.717) is 17.5 Å². The van der Waals surface area contributed by atoms with Gasteiger partial charge in [-0.05, 0) is 89.5 Å². The van der Waals surface area contributed by atoms with Crippen molar-refractivity contribution in [1.29, 1.82) is 15.8 Å². The maximum absolute atomic E-state index is 10.2. The summed E-state index contributed by atoms with van der Waals surface area (Å²) >= 11 is 0. The summed E-state index contributed by atoms with van der Waals surface area (Å²) in [6.45, 7) is 0. The Morgan fingerprint density at radius 1 is 0.510 bits per heavy atom. The second-order valence-corrected chi connectivity index (χ2v) is 12.7. The van der Waals surface area contributed by atoms with Crippen LogP contribution < -0.4 is 0 Å². The highest BCUT2D eigenvalue weighted by Gasteiger charge is 2.19. The van der Waals surface area contributed by atoms with Gasteiger partial charge in [0.25, 0.3) is 0 Å². The molecule has 236 valence electrons. The molecule has 0 N–H and O–H groups in total. The van der Waals surface area contributed by atoms with E-state index in [0.717, 1.165) is 83.2 Å². The molecule has 2 aromatic heterocycles. The summed E-state index contributed by atoms with van der Waals surface area (Å²) in [4.78, 5) is 0. The molecule has 0 saturated carbocycles. The minimum atomic E-state index is 0.574. The van der Waals surface area contributed by atoms with Crippen LogP contribution in [0.15, 0.2) is 145 Å². The summed E-state index contributed by atoms with van der Waals surface area (Å²) in [6.07, 6.45) is 6.80. The van der Waals surface area contributed by atoms with Crippen molar-refractivity contribution >= 4 is 44.9 Å². The van der Waals surface area contributed by atoms with Gasteiger partial charge in [0.2, 0.25) is 0 Å². The molecule has 2 heterocycles. The number of nitrogens with zero attached hydrogens (tertiary/aromatic N) is 5. The molecule has 8 aromatic rings. The minimum absolute atomic E-state index is 0.574. The first-order valence-electron chi connectivity index (χ1n) is 16.7. The smallest absolute Gasteiger partial charge is 0.0992 e. The van der Waals surface area contributed by atoms with Crippen molar-refractivity contribution in [3.05, 3.63) is 167 Å². The zero-order chi connectivity index (χ0) is 34.5. The number of hydrogen-bond donors (Lipinski definition) is 0. The summed E-state index contributed by atoms with van der Waals surface area (Å²) in [5.74, 6) is 0. The van der Waals surface area contributed by atoms with Crippen LogP contribution >= 0.6 is 0 Å². The topological polar surface area (TPSA) is 81.2 Å². The van der Waals surface area contributed by atoms with Gasteiger partial charge in [0.05, 0.1) is 57.3 Å². The van der Waals surface area contributed by atoms with Crippen LogP contribution in [0, 0.1) is 34.0 Å². The number of allylic oxidation sites excluding steroid dienone is 2. The third-order valence-corrected chi connectivity index (χ3v) is 9.81. The summed E-state index contributed by atoms with van der Waals surface area (Å²) in [5.41, 5.74) is 13.0. The van der Waals surface area contributed by atoms with E-state index in [1.54, 1.807) is 0 Å². The standard InChI is InChI=1S/C46H27N5/c47-27-30-8-7-12-39-38-10-2-5-14-43(38)50(46(39)25-30)36-19-17-33(18-20-36)34-22-32(29-49)23-35(26-34)37-9-1-4-13-42(37)51-44-15-6-3-11-40(44)41-24-31(28-48)16-21-45(41)51/h1-7,9-26H,8H2. The highest BCUT2D eigenvalue weighted by molar-refractivity contribution is 6.10. The van der Waals surface area contributed by atoms with Gasteiger partial charge >= 0.3 is 0 Å². The lowest BCUT2D eigenvalue weighted by Crippen LogP contribution is -1.98. The van der Waals surface area contributed by atoms with E-state index in [1.807, 2.05) is 72.8 Å². The molecule has 51 heavy (non-hydrogen) atoms. The van der Waals surface area contributed by atoms with Gasteiger partial charge < -0.3 is 9.13 Å². The first-order valence-corrected chi connectivity index (χ1v) is 16.7. The van der Waals surface area contributed by atoms with Gasteiger partial charge in [-0.25, -0.2) is 0 Å². The van der Waals surface area contributed by atoms with Gasteiger partial charge in [-0.15, -0.1) is 0 Å². The lowest BCUT2D eigenvalue weighted by molar-refractivity contribution is 1.10. The SMILES string of the molecule is N#CC1=Cc2c(c3ccccc3n2-c2ccc(-c3cc(C#N)cc(-c4ccccc4-n4c5ccccc5c5cc(C#N)ccc54)c3)cc2)C=CC1. The number of rotatable bonds is 4. The Kier molecular flexibility index (Phi) is 6.96. The molecular weight excluding hydrogens is 623 g/mol. The quantitative estimate of drug-likeness (QED) is 0.190. The Hall–Kier alpha value is -7.39. The Balaban J connectivity index is 1.18. The molecule has 5 heteroatoms. The van der Waals surface area contributed by atoms with Crippen molar-refractivity contribution in [2.24, 2.45) is 0 Å². The second-order valence-electron chi connectivity index (χ2n) is 12.7. The number of fused-ring (bicyclic) bond motifs is 6. The summed E-state index contributed by atoms with van der Waals surface area (Å²) < 4.78 is 4.47. The Morgan fingerprint density at radius 2 is 1.20 bits per heavy atom. The van der Waals surface area contributed by atoms with Crippen LogP contribution in [0.3, 0.4) is 0 Å². The highest BCUT2D eigenvalue weighted by Crippen LogP contribution is 2.39. The van der Waals surface area contributed by atoms with E-state index in [1.165, 1.54) is 0 Å². The normalized spacial score (nSPS) is 12.2. The van der Waals surface area contributed by atoms with Crippen molar-refractivity contribution in [1.82, 2.24) is 9.13 Å². The van der Waals surface area contributed by atoms with Crippen LogP contribution in [-0.4, -0.2) is 9.13 Å². The largest absolute Gasteiger partial charge is 0.309 e. The van der Waals surface area contributed by atoms with E-state index in [-0.39, 0.29) is 0 Å². The number of aromatic nitrogens is 2. The van der Waals surface area contributed by atoms with E-state index < -0.39 is 0 Å². The van der Waals surface area contributed by atoms with Gasteiger partial charge in [0.1, 0.15) is 0 Å². The fourth-order valence-electron chi connectivity index (χ4n) is 7.52. The summed E-state index contributed by atoms with van der Waals surface area (Å²) in [6, 6.07) is 52.2. The van der Waals surface area contributed by atoms with E-state index >= 15 is 0 Å². The lowest BCUT2D eigenvalue weighted by atomic mass is 9.95. The molecule has 1 aliphatic rings. The van der Waals surface area contributed by atoms with Gasteiger partial charge in [-0.3, -0.25) is 0 Å². The van der Waals surface area contributed by atoms with Crippen LogP contribution in [0.5, 0.6) is 0 Å². The van der Waals surface area contributed by atoms with Crippen LogP contribution in [-0.2, 0) is 0 Å². The molecule has 0 unspecified atom stereocenters. The fourth-order valence-corrected chi connectivity index (χ4v) is 7.52. The highest BCUT2D eigenvalue weighted by atomic mass is 15.0. The first kappa shape index (κ1) is 29.7. The molecule has 0 atom stereocenters. The predicted molar refractivity (Wildman–Crippen MR) is 205 cm³/mol. The third kappa shape index (κ3) is 4.83. The lowest BCUT2D eigenvalue weighted by Gasteiger charge is -2.16. The average molecular weight is 650 g/mol. The Labute approximate surface area is 294 Å². The van der Waals surface area contributed by atoms with E-state index in [9.17, 15) is 15.8 Å². The number of benzene rings is 6. The summed E-state index contributed by atoms with van der Waals surface area (Å²) in [5, 5.41) is 32.8. The molecule has 0 spiro atoms. The Morgan fingerprint density at radius 3 is 1.98 bits per heavy atom. The molecule has 0 bridgehead atoms. The molecule has 6 aromatic carbocycles. The molecular formula is C46H27N5. The molecule has 1 aliphatic carbocycles. The van der Waals surface area contributed by atoms with Gasteiger partial charge in [0.15, 0.2) is 0 Å². The fraction of sp³-hybridized carbons (Fsp3) is 0.0217. The number of hydrogen-bond acceptors (Lipinski definition) is 3. The van der Waals surface area contributed by atoms with Crippen molar-refractivity contribution in [2.45, 2.75) is 6.42 Å². The molecule has 5 nitrogen and oxygen atoms in total. The molecule has 0 fully saturated rings. The maximum atomic E-state index is 10.2. The van der Waals surface area contributed by atoms with E-state index in [4.69, 9.17) is 0 Å². The van der Waals surface area contributed by atoms with Crippen LogP contribution in [0.2, 0.25) is 0 Å². The van der Waals surface area contributed by atoms with Gasteiger partial charge in [-0.1, -0.05) is 78.9 Å². The monoisotopic (exact) mass is 649 g/mol. The predicted octanol–water partition coefficient (Wildman–Crippen LogP) is 11.1. The zero-order valence-corrected chi connectivity index (χ0v) is 27.4. The zero-order valence-electron chi connectivity index (χ0n) is 27.4. The minimum Gasteiger partial charge on any atom is -0.309 e. The van der Waals surface area contributed by atoms with Crippen molar-refractivity contribution in [2.75, 3.05) is 0 Å². The van der Waals surface area contributed by atoms with Crippen molar-refractivity contribution < 1.29 is 0 Å². The van der Waals surface area contributed by atoms with Crippen LogP contribution in [0.4, 0.5) is 0 Å². The van der Waals surface area contributed by atoms with Crippen LogP contribution in [0.1, 0.15) is 28.8 Å². The second kappa shape index (κ2) is 11.9. The van der Waals surface area contributed by atoms with Gasteiger partial charge in [-0.2, -0.15) is 15.8 Å². The third-order valence-electron chi connectivity index (χ3n) is 9.81. The van der Waals surface area contributed by atoms with Crippen molar-refractivity contribution in [3.8, 4) is 51.8 Å². The first-order chi connectivity index (χ1) is 25.1. The van der Waals surface area contributed by atoms with E-state index in [2.05, 4.69) is 106 Å². The molecule has 0 aliphatic heterocycles. The summed E-state index contributed by atoms with van der Waals surface area (Å²) in [7, 11) is 0. The molecule has 0 saturated heterocycles. The van der Waals surface area contributed by atoms with Crippen molar-refractivity contribution in [3.63, 3.8) is 0 Å². The van der Waals surface area contributed by atoms with Crippen LogP contribution in [0.25, 0.3) is 78.5 Å². The van der Waals surface area contributed by atoms with Gasteiger partial charge in [0, 0.05) is 45.0 Å². The Bertz CT molecular complexity index is 2910. The maximum Gasteiger partial charge on any atom is 0.0992 e. The molecule has 0 radical (unpaired) electrons. The number of para-hydroxylation sites is 3. The average Bonchev–Trinajstić information content (AvgIpc) is 3.59. The molecule has 9 rings (SSSR count). The number of nitriles is 3. The molecule has 0 amide bonds.